The summed E-state index contributed by atoms with van der Waals surface area (Å²) in [4.78, 5) is 33.4. The van der Waals surface area contributed by atoms with Crippen molar-refractivity contribution in [2.24, 2.45) is 0 Å². The Hall–Kier alpha value is -2.89. The number of aromatic nitrogens is 2. The molecule has 3 aliphatic rings. The number of hydrogen-bond acceptors (Lipinski definition) is 8. The van der Waals surface area contributed by atoms with Crippen LogP contribution in [0.25, 0.3) is 0 Å². The van der Waals surface area contributed by atoms with Crippen LogP contribution in [0.5, 0.6) is 6.01 Å². The summed E-state index contributed by atoms with van der Waals surface area (Å²) in [7, 11) is 0. The Morgan fingerprint density at radius 1 is 1.09 bits per heavy atom. The van der Waals surface area contributed by atoms with Crippen LogP contribution in [0, 0.1) is 10.1 Å². The highest BCUT2D eigenvalue weighted by Gasteiger charge is 2.45. The quantitative estimate of drug-likeness (QED) is 0.436. The van der Waals surface area contributed by atoms with Gasteiger partial charge in [0.15, 0.2) is 0 Å². The van der Waals surface area contributed by atoms with Gasteiger partial charge in [-0.1, -0.05) is 23.7 Å². The first-order valence-electron chi connectivity index (χ1n) is 11.9. The Balaban J connectivity index is 0.992. The topological polar surface area (TPSA) is 106 Å². The van der Waals surface area contributed by atoms with Crippen LogP contribution in [0.4, 0.5) is 10.6 Å². The smallest absolute Gasteiger partial charge is 0.415 e. The number of amides is 1. The van der Waals surface area contributed by atoms with Crippen molar-refractivity contribution in [2.45, 2.75) is 31.6 Å². The number of nitro groups is 1. The van der Waals surface area contributed by atoms with Gasteiger partial charge in [-0.3, -0.25) is 9.47 Å². The summed E-state index contributed by atoms with van der Waals surface area (Å²) in [6.07, 6.45) is 2.93. The van der Waals surface area contributed by atoms with Gasteiger partial charge in [-0.2, -0.15) is 0 Å². The predicted octanol–water partition coefficient (Wildman–Crippen LogP) is 2.63. The fourth-order valence-corrected chi connectivity index (χ4v) is 5.03. The summed E-state index contributed by atoms with van der Waals surface area (Å²) in [5.41, 5.74) is 0.616. The largest absolute Gasteiger partial charge is 0.445 e. The minimum absolute atomic E-state index is 0.165. The second-order valence-corrected chi connectivity index (χ2v) is 9.84. The molecule has 2 fully saturated rings. The number of imidazole rings is 1. The number of carbonyl (C=O) groups is 1. The maximum absolute atomic E-state index is 12.4. The van der Waals surface area contributed by atoms with Gasteiger partial charge in [-0.05, 0) is 22.6 Å². The highest BCUT2D eigenvalue weighted by Crippen LogP contribution is 2.37. The molecule has 5 rings (SSSR count). The molecule has 0 aliphatic carbocycles. The fraction of sp³-hybridized carbons (Fsp3) is 0.565. The molecule has 0 saturated carbocycles. The van der Waals surface area contributed by atoms with E-state index in [0.29, 0.717) is 30.7 Å². The molecule has 188 valence electrons. The van der Waals surface area contributed by atoms with Crippen LogP contribution in [0.1, 0.15) is 18.4 Å². The SMILES string of the molecule is O=C(OCc1ccc(Cl)cc1)N1CCN(CCN2CCC3(CC2)Cn2cc([N+](=O)[O-])nc2O3)CC1. The Morgan fingerprint density at radius 3 is 2.37 bits per heavy atom. The fourth-order valence-electron chi connectivity index (χ4n) is 4.90. The molecule has 1 aromatic carbocycles. The number of halogens is 1. The number of hydrogen-bond donors (Lipinski definition) is 0. The molecule has 35 heavy (non-hydrogen) atoms. The second-order valence-electron chi connectivity index (χ2n) is 9.40. The van der Waals surface area contributed by atoms with Crippen LogP contribution in [-0.4, -0.2) is 93.2 Å². The number of carbonyl (C=O) groups excluding carboxylic acids is 1. The maximum Gasteiger partial charge on any atom is 0.415 e. The molecule has 0 radical (unpaired) electrons. The van der Waals surface area contributed by atoms with Crippen molar-refractivity contribution >= 4 is 23.5 Å². The lowest BCUT2D eigenvalue weighted by Crippen LogP contribution is -2.52. The highest BCUT2D eigenvalue weighted by atomic mass is 35.5. The van der Waals surface area contributed by atoms with Crippen molar-refractivity contribution in [3.63, 3.8) is 0 Å². The van der Waals surface area contributed by atoms with Gasteiger partial charge >= 0.3 is 17.9 Å². The van der Waals surface area contributed by atoms with E-state index in [1.165, 1.54) is 6.20 Å². The van der Waals surface area contributed by atoms with Crippen molar-refractivity contribution in [1.82, 2.24) is 24.3 Å². The standard InChI is InChI=1S/C23H29ClN6O5/c24-19-3-1-18(2-4-19)16-34-22(31)28-13-11-27(12-14-28)10-9-26-7-5-23(6-8-26)17-29-15-20(30(32)33)25-21(29)35-23/h1-4,15H,5-14,16-17H2. The molecule has 1 aromatic heterocycles. The zero-order chi connectivity index (χ0) is 24.4. The van der Waals surface area contributed by atoms with E-state index in [4.69, 9.17) is 21.1 Å². The number of nitrogens with zero attached hydrogens (tertiary/aromatic N) is 6. The van der Waals surface area contributed by atoms with Gasteiger partial charge in [-0.15, -0.1) is 0 Å². The second kappa shape index (κ2) is 10.00. The molecule has 2 saturated heterocycles. The molecular weight excluding hydrogens is 476 g/mol. The van der Waals surface area contributed by atoms with Crippen LogP contribution >= 0.6 is 11.6 Å². The van der Waals surface area contributed by atoms with Gasteiger partial charge in [0.2, 0.25) is 0 Å². The van der Waals surface area contributed by atoms with Crippen molar-refractivity contribution in [3.8, 4) is 6.01 Å². The van der Waals surface area contributed by atoms with Crippen LogP contribution in [0.3, 0.4) is 0 Å². The minimum Gasteiger partial charge on any atom is -0.445 e. The Kier molecular flexibility index (Phi) is 6.81. The number of benzene rings is 1. The lowest BCUT2D eigenvalue weighted by atomic mass is 9.91. The van der Waals surface area contributed by atoms with Gasteiger partial charge in [0.1, 0.15) is 18.4 Å². The molecular formula is C23H29ClN6O5. The molecule has 0 N–H and O–H groups in total. The molecule has 0 bridgehead atoms. The predicted molar refractivity (Wildman–Crippen MR) is 128 cm³/mol. The van der Waals surface area contributed by atoms with Gasteiger partial charge in [0, 0.05) is 75.2 Å². The average Bonchev–Trinajstić information content (AvgIpc) is 3.40. The van der Waals surface area contributed by atoms with Gasteiger partial charge < -0.3 is 29.4 Å². The van der Waals surface area contributed by atoms with Crippen LogP contribution < -0.4 is 4.74 Å². The van der Waals surface area contributed by atoms with E-state index in [1.807, 2.05) is 12.1 Å². The first kappa shape index (κ1) is 23.8. The van der Waals surface area contributed by atoms with E-state index >= 15 is 0 Å². The zero-order valence-corrected chi connectivity index (χ0v) is 20.2. The van der Waals surface area contributed by atoms with Crippen LogP contribution in [0.15, 0.2) is 30.5 Å². The summed E-state index contributed by atoms with van der Waals surface area (Å²) in [5.74, 6) is -0.165. The number of piperazine rings is 1. The van der Waals surface area contributed by atoms with E-state index in [2.05, 4.69) is 14.8 Å². The molecule has 3 aliphatic heterocycles. The third kappa shape index (κ3) is 5.52. The molecule has 0 unspecified atom stereocenters. The van der Waals surface area contributed by atoms with Crippen molar-refractivity contribution < 1.29 is 19.2 Å². The zero-order valence-electron chi connectivity index (χ0n) is 19.5. The molecule has 2 aromatic rings. The summed E-state index contributed by atoms with van der Waals surface area (Å²) >= 11 is 5.89. The Labute approximate surface area is 208 Å². The summed E-state index contributed by atoms with van der Waals surface area (Å²) in [6.45, 7) is 7.60. The summed E-state index contributed by atoms with van der Waals surface area (Å²) in [6, 6.07) is 7.64. The van der Waals surface area contributed by atoms with Gasteiger partial charge in [0.05, 0.1) is 6.54 Å². The van der Waals surface area contributed by atoms with E-state index in [-0.39, 0.29) is 24.1 Å². The highest BCUT2D eigenvalue weighted by molar-refractivity contribution is 6.30. The summed E-state index contributed by atoms with van der Waals surface area (Å²) in [5, 5.41) is 11.6. The van der Waals surface area contributed by atoms with E-state index in [0.717, 1.165) is 57.7 Å². The first-order chi connectivity index (χ1) is 16.9. The van der Waals surface area contributed by atoms with Crippen molar-refractivity contribution in [3.05, 3.63) is 51.2 Å². The molecule has 4 heterocycles. The maximum atomic E-state index is 12.4. The van der Waals surface area contributed by atoms with Crippen LogP contribution in [-0.2, 0) is 17.9 Å². The Morgan fingerprint density at radius 2 is 1.74 bits per heavy atom. The molecule has 0 atom stereocenters. The average molecular weight is 505 g/mol. The lowest BCUT2D eigenvalue weighted by molar-refractivity contribution is -0.389. The number of rotatable bonds is 6. The molecule has 1 spiro atoms. The molecule has 1 amide bonds. The number of ether oxygens (including phenoxy) is 2. The lowest BCUT2D eigenvalue weighted by Gasteiger charge is -2.39. The number of piperidine rings is 1. The number of likely N-dealkylation sites (tertiary alicyclic amines) is 1. The van der Waals surface area contributed by atoms with Crippen molar-refractivity contribution in [1.29, 1.82) is 0 Å². The van der Waals surface area contributed by atoms with Gasteiger partial charge in [0.25, 0.3) is 0 Å². The molecule has 12 heteroatoms. The summed E-state index contributed by atoms with van der Waals surface area (Å²) < 4.78 is 13.3. The van der Waals surface area contributed by atoms with Crippen LogP contribution in [0.2, 0.25) is 5.02 Å². The number of fused-ring (bicyclic) bond motifs is 1. The third-order valence-corrected chi connectivity index (χ3v) is 7.34. The third-order valence-electron chi connectivity index (χ3n) is 7.09. The van der Waals surface area contributed by atoms with E-state index in [9.17, 15) is 14.9 Å². The van der Waals surface area contributed by atoms with Gasteiger partial charge in [-0.25, -0.2) is 4.79 Å². The molecule has 11 nitrogen and oxygen atoms in total. The minimum atomic E-state index is -0.492. The Bertz CT molecular complexity index is 1040. The first-order valence-corrected chi connectivity index (χ1v) is 12.3. The normalized spacial score (nSPS) is 20.0. The monoisotopic (exact) mass is 504 g/mol. The van der Waals surface area contributed by atoms with E-state index in [1.54, 1.807) is 21.6 Å². The van der Waals surface area contributed by atoms with E-state index < -0.39 is 4.92 Å². The van der Waals surface area contributed by atoms with Crippen molar-refractivity contribution in [2.75, 3.05) is 52.4 Å².